The summed E-state index contributed by atoms with van der Waals surface area (Å²) in [6.45, 7) is 0. The van der Waals surface area contributed by atoms with Crippen molar-refractivity contribution in [1.82, 2.24) is 0 Å². The van der Waals surface area contributed by atoms with Crippen molar-refractivity contribution < 1.29 is 19.4 Å². The smallest absolute Gasteiger partial charge is 0.331 e. The van der Waals surface area contributed by atoms with Crippen molar-refractivity contribution in [2.75, 3.05) is 0 Å². The first-order valence-electron chi connectivity index (χ1n) is 5.30. The van der Waals surface area contributed by atoms with Crippen LogP contribution in [0.25, 0.3) is 0 Å². The molecule has 0 bridgehead atoms. The largest absolute Gasteiger partial charge is 0.478 e. The number of ether oxygens (including phenoxy) is 1. The molecule has 1 aliphatic rings. The van der Waals surface area contributed by atoms with Gasteiger partial charge in [0.1, 0.15) is 6.10 Å². The third kappa shape index (κ3) is 5.20. The Morgan fingerprint density at radius 2 is 1.67 bits per heavy atom. The summed E-state index contributed by atoms with van der Waals surface area (Å²) in [5.74, 6) is -1.68. The van der Waals surface area contributed by atoms with Gasteiger partial charge >= 0.3 is 11.9 Å². The standard InChI is InChI=1S/C11H16O4/c12-10(13)7-8-11(14)15-9-5-3-1-2-4-6-9/h7-9H,1-6H2,(H,12,13)/b8-7+. The molecule has 0 amide bonds. The van der Waals surface area contributed by atoms with Gasteiger partial charge in [-0.3, -0.25) is 0 Å². The van der Waals surface area contributed by atoms with Crippen LogP contribution in [0.1, 0.15) is 38.5 Å². The molecule has 0 heterocycles. The van der Waals surface area contributed by atoms with Crippen LogP contribution < -0.4 is 0 Å². The Kier molecular flexibility index (Phi) is 4.87. The van der Waals surface area contributed by atoms with Gasteiger partial charge in [-0.05, 0) is 25.7 Å². The van der Waals surface area contributed by atoms with E-state index in [1.54, 1.807) is 0 Å². The van der Waals surface area contributed by atoms with E-state index in [4.69, 9.17) is 9.84 Å². The SMILES string of the molecule is O=C(O)/C=C/C(=O)OC1CCCCCC1. The van der Waals surface area contributed by atoms with Gasteiger partial charge in [0.2, 0.25) is 0 Å². The zero-order valence-electron chi connectivity index (χ0n) is 8.65. The van der Waals surface area contributed by atoms with E-state index in [1.807, 2.05) is 0 Å². The molecule has 0 aromatic carbocycles. The van der Waals surface area contributed by atoms with Crippen molar-refractivity contribution in [3.8, 4) is 0 Å². The summed E-state index contributed by atoms with van der Waals surface area (Å²) in [7, 11) is 0. The van der Waals surface area contributed by atoms with E-state index < -0.39 is 11.9 Å². The van der Waals surface area contributed by atoms with Gasteiger partial charge in [-0.1, -0.05) is 12.8 Å². The van der Waals surface area contributed by atoms with Gasteiger partial charge in [0.25, 0.3) is 0 Å². The summed E-state index contributed by atoms with van der Waals surface area (Å²) in [6.07, 6.45) is 8.09. The average Bonchev–Trinajstić information content (AvgIpc) is 2.43. The van der Waals surface area contributed by atoms with Crippen LogP contribution in [-0.2, 0) is 14.3 Å². The molecule has 1 fully saturated rings. The molecule has 15 heavy (non-hydrogen) atoms. The highest BCUT2D eigenvalue weighted by Gasteiger charge is 2.15. The van der Waals surface area contributed by atoms with Crippen molar-refractivity contribution in [3.63, 3.8) is 0 Å². The molecule has 1 saturated carbocycles. The fourth-order valence-electron chi connectivity index (χ4n) is 1.70. The van der Waals surface area contributed by atoms with Crippen molar-refractivity contribution in [2.24, 2.45) is 0 Å². The number of aliphatic carboxylic acids is 1. The molecular weight excluding hydrogens is 196 g/mol. The van der Waals surface area contributed by atoms with E-state index in [2.05, 4.69) is 0 Å². The van der Waals surface area contributed by atoms with E-state index >= 15 is 0 Å². The van der Waals surface area contributed by atoms with Gasteiger partial charge in [0.15, 0.2) is 0 Å². The molecule has 0 aromatic heterocycles. The van der Waals surface area contributed by atoms with Gasteiger partial charge in [0.05, 0.1) is 0 Å². The third-order valence-corrected chi connectivity index (χ3v) is 2.45. The molecule has 0 atom stereocenters. The molecule has 1 rings (SSSR count). The number of esters is 1. The number of rotatable bonds is 3. The minimum Gasteiger partial charge on any atom is -0.478 e. The molecule has 0 spiro atoms. The second kappa shape index (κ2) is 6.22. The van der Waals surface area contributed by atoms with Gasteiger partial charge in [-0.25, -0.2) is 9.59 Å². The molecule has 0 saturated heterocycles. The number of carbonyl (C=O) groups excluding carboxylic acids is 1. The summed E-state index contributed by atoms with van der Waals surface area (Å²) in [4.78, 5) is 21.3. The van der Waals surface area contributed by atoms with Crippen molar-refractivity contribution >= 4 is 11.9 Å². The van der Waals surface area contributed by atoms with E-state index in [0.29, 0.717) is 0 Å². The van der Waals surface area contributed by atoms with Crippen molar-refractivity contribution in [3.05, 3.63) is 12.2 Å². The van der Waals surface area contributed by atoms with Crippen molar-refractivity contribution in [1.29, 1.82) is 0 Å². The maximum Gasteiger partial charge on any atom is 0.331 e. The third-order valence-electron chi connectivity index (χ3n) is 2.45. The van der Waals surface area contributed by atoms with Gasteiger partial charge in [0, 0.05) is 12.2 Å². The Hall–Kier alpha value is -1.32. The lowest BCUT2D eigenvalue weighted by atomic mass is 10.1. The monoisotopic (exact) mass is 212 g/mol. The number of carboxylic acids is 1. The maximum absolute atomic E-state index is 11.2. The Morgan fingerprint density at radius 1 is 1.07 bits per heavy atom. The zero-order chi connectivity index (χ0) is 11.1. The fourth-order valence-corrected chi connectivity index (χ4v) is 1.70. The molecule has 1 N–H and O–H groups in total. The van der Waals surface area contributed by atoms with Gasteiger partial charge < -0.3 is 9.84 Å². The minimum absolute atomic E-state index is 0.0292. The summed E-state index contributed by atoms with van der Waals surface area (Å²) < 4.78 is 5.13. The van der Waals surface area contributed by atoms with Crippen LogP contribution in [0.2, 0.25) is 0 Å². The molecule has 0 aromatic rings. The molecule has 4 nitrogen and oxygen atoms in total. The predicted molar refractivity (Wildman–Crippen MR) is 54.4 cm³/mol. The molecular formula is C11H16O4. The molecule has 1 aliphatic carbocycles. The lowest BCUT2D eigenvalue weighted by Crippen LogP contribution is -2.15. The molecule has 0 unspecified atom stereocenters. The highest BCUT2D eigenvalue weighted by molar-refractivity contribution is 5.90. The van der Waals surface area contributed by atoms with Crippen LogP contribution in [0.15, 0.2) is 12.2 Å². The predicted octanol–water partition coefficient (Wildman–Crippen LogP) is 1.89. The number of hydrogen-bond acceptors (Lipinski definition) is 3. The van der Waals surface area contributed by atoms with Gasteiger partial charge in [-0.2, -0.15) is 0 Å². The molecule has 84 valence electrons. The topological polar surface area (TPSA) is 63.6 Å². The first-order valence-corrected chi connectivity index (χ1v) is 5.30. The summed E-state index contributed by atoms with van der Waals surface area (Å²) in [5.41, 5.74) is 0. The van der Waals surface area contributed by atoms with Crippen LogP contribution in [-0.4, -0.2) is 23.1 Å². The fraction of sp³-hybridized carbons (Fsp3) is 0.636. The zero-order valence-corrected chi connectivity index (χ0v) is 8.65. The van der Waals surface area contributed by atoms with Gasteiger partial charge in [-0.15, -0.1) is 0 Å². The normalized spacial score (nSPS) is 18.7. The lowest BCUT2D eigenvalue weighted by Gasteiger charge is -2.13. The van der Waals surface area contributed by atoms with Crippen molar-refractivity contribution in [2.45, 2.75) is 44.6 Å². The number of hydrogen-bond donors (Lipinski definition) is 1. The summed E-state index contributed by atoms with van der Waals surface area (Å²) in [6, 6.07) is 0. The first kappa shape index (κ1) is 11.8. The average molecular weight is 212 g/mol. The van der Waals surface area contributed by atoms with Crippen LogP contribution in [0.5, 0.6) is 0 Å². The van der Waals surface area contributed by atoms with E-state index in [9.17, 15) is 9.59 Å². The number of carboxylic acid groups (broad SMARTS) is 1. The highest BCUT2D eigenvalue weighted by Crippen LogP contribution is 2.19. The highest BCUT2D eigenvalue weighted by atomic mass is 16.5. The lowest BCUT2D eigenvalue weighted by molar-refractivity contribution is -0.144. The van der Waals surface area contributed by atoms with E-state index in [-0.39, 0.29) is 6.10 Å². The molecule has 0 aliphatic heterocycles. The summed E-state index contributed by atoms with van der Waals surface area (Å²) >= 11 is 0. The second-order valence-electron chi connectivity index (χ2n) is 3.72. The minimum atomic E-state index is -1.13. The van der Waals surface area contributed by atoms with Crippen LogP contribution in [0, 0.1) is 0 Å². The Balaban J connectivity index is 2.32. The van der Waals surface area contributed by atoms with Crippen LogP contribution >= 0.6 is 0 Å². The van der Waals surface area contributed by atoms with E-state index in [1.165, 1.54) is 12.8 Å². The van der Waals surface area contributed by atoms with E-state index in [0.717, 1.165) is 37.8 Å². The van der Waals surface area contributed by atoms with Crippen LogP contribution in [0.4, 0.5) is 0 Å². The second-order valence-corrected chi connectivity index (χ2v) is 3.72. The Labute approximate surface area is 88.9 Å². The van der Waals surface area contributed by atoms with Crippen LogP contribution in [0.3, 0.4) is 0 Å². The number of carbonyl (C=O) groups is 2. The Morgan fingerprint density at radius 3 is 2.20 bits per heavy atom. The quantitative estimate of drug-likeness (QED) is 0.441. The molecule has 4 heteroatoms. The summed E-state index contributed by atoms with van der Waals surface area (Å²) in [5, 5.41) is 8.32. The molecule has 0 radical (unpaired) electrons. The first-order chi connectivity index (χ1) is 7.18. The maximum atomic E-state index is 11.2. The Bertz CT molecular complexity index is 249.